The highest BCUT2D eigenvalue weighted by atomic mass is 15.0. The molecule has 18 heavy (non-hydrogen) atoms. The van der Waals surface area contributed by atoms with Crippen molar-refractivity contribution in [2.24, 2.45) is 17.3 Å². The Hall–Kier alpha value is -0.0400. The van der Waals surface area contributed by atoms with E-state index in [9.17, 15) is 0 Å². The molecule has 0 bridgehead atoms. The predicted molar refractivity (Wildman–Crippen MR) is 77.7 cm³/mol. The first-order chi connectivity index (χ1) is 8.81. The van der Waals surface area contributed by atoms with Gasteiger partial charge in [-0.3, -0.25) is 0 Å². The summed E-state index contributed by atoms with van der Waals surface area (Å²) in [6, 6.07) is 0.902. The summed E-state index contributed by atoms with van der Waals surface area (Å²) in [4.78, 5) is 0. The summed E-state index contributed by atoms with van der Waals surface area (Å²) in [6.07, 6.45) is 16.4. The molecule has 3 rings (SSSR count). The van der Waals surface area contributed by atoms with Crippen LogP contribution in [0.2, 0.25) is 0 Å². The van der Waals surface area contributed by atoms with Gasteiger partial charge < -0.3 is 5.32 Å². The molecular formula is C17H31N. The number of unbranched alkanes of at least 4 members (excludes halogenated alkanes) is 4. The third-order valence-electron chi connectivity index (χ3n) is 5.61. The smallest absolute Gasteiger partial charge is 0.00684 e. The van der Waals surface area contributed by atoms with Crippen LogP contribution in [0.15, 0.2) is 0 Å². The van der Waals surface area contributed by atoms with Crippen LogP contribution in [0.1, 0.15) is 77.6 Å². The molecule has 2 atom stereocenters. The normalized spacial score (nSPS) is 37.8. The van der Waals surface area contributed by atoms with Gasteiger partial charge in [0.1, 0.15) is 0 Å². The molecule has 3 aliphatic rings. The van der Waals surface area contributed by atoms with Crippen LogP contribution in [0.25, 0.3) is 0 Å². The Balaban J connectivity index is 1.40. The van der Waals surface area contributed by atoms with Crippen LogP contribution in [-0.2, 0) is 0 Å². The second-order valence-corrected chi connectivity index (χ2v) is 7.48. The van der Waals surface area contributed by atoms with Crippen LogP contribution in [-0.4, -0.2) is 12.6 Å². The molecule has 0 aromatic rings. The second-order valence-electron chi connectivity index (χ2n) is 7.48. The van der Waals surface area contributed by atoms with E-state index in [2.05, 4.69) is 12.2 Å². The zero-order valence-corrected chi connectivity index (χ0v) is 12.2. The van der Waals surface area contributed by atoms with Crippen molar-refractivity contribution in [2.75, 3.05) is 6.54 Å². The minimum atomic E-state index is 0.725. The average molecular weight is 249 g/mol. The lowest BCUT2D eigenvalue weighted by atomic mass is 9.78. The molecule has 1 nitrogen and oxygen atoms in total. The van der Waals surface area contributed by atoms with Crippen LogP contribution < -0.4 is 5.32 Å². The lowest BCUT2D eigenvalue weighted by Gasteiger charge is -2.31. The molecule has 3 saturated carbocycles. The summed E-state index contributed by atoms with van der Waals surface area (Å²) in [6.45, 7) is 3.66. The van der Waals surface area contributed by atoms with Crippen molar-refractivity contribution in [3.8, 4) is 0 Å². The minimum absolute atomic E-state index is 0.725. The summed E-state index contributed by atoms with van der Waals surface area (Å²) in [5.41, 5.74) is 0.725. The van der Waals surface area contributed by atoms with E-state index in [1.165, 1.54) is 57.9 Å². The first-order valence-electron chi connectivity index (χ1n) is 8.55. The predicted octanol–water partition coefficient (Wildman–Crippen LogP) is 4.52. The van der Waals surface area contributed by atoms with Crippen molar-refractivity contribution in [3.05, 3.63) is 0 Å². The monoisotopic (exact) mass is 249 g/mol. The number of nitrogens with one attached hydrogen (secondary N) is 1. The van der Waals surface area contributed by atoms with Crippen LogP contribution >= 0.6 is 0 Å². The lowest BCUT2D eigenvalue weighted by molar-refractivity contribution is 0.221. The molecule has 0 aliphatic heterocycles. The van der Waals surface area contributed by atoms with E-state index < -0.39 is 0 Å². The van der Waals surface area contributed by atoms with Crippen molar-refractivity contribution in [3.63, 3.8) is 0 Å². The summed E-state index contributed by atoms with van der Waals surface area (Å²) in [7, 11) is 0. The lowest BCUT2D eigenvalue weighted by Crippen LogP contribution is -2.34. The van der Waals surface area contributed by atoms with Crippen LogP contribution in [0.3, 0.4) is 0 Å². The van der Waals surface area contributed by atoms with Crippen LogP contribution in [0.4, 0.5) is 0 Å². The second kappa shape index (κ2) is 5.53. The van der Waals surface area contributed by atoms with Gasteiger partial charge in [-0.25, -0.2) is 0 Å². The maximum atomic E-state index is 3.83. The Kier molecular flexibility index (Phi) is 3.98. The third-order valence-corrected chi connectivity index (χ3v) is 5.61. The molecule has 3 fully saturated rings. The maximum Gasteiger partial charge on any atom is 0.00684 e. The zero-order chi connectivity index (χ0) is 12.4. The fourth-order valence-corrected chi connectivity index (χ4v) is 4.19. The van der Waals surface area contributed by atoms with Gasteiger partial charge in [0.25, 0.3) is 0 Å². The van der Waals surface area contributed by atoms with Crippen molar-refractivity contribution in [1.82, 2.24) is 5.32 Å². The SMILES string of the molecule is CCCCCCCC1(CNC2CC2)CC2CC2C1. The molecule has 0 radical (unpaired) electrons. The van der Waals surface area contributed by atoms with Crippen molar-refractivity contribution in [2.45, 2.75) is 83.6 Å². The summed E-state index contributed by atoms with van der Waals surface area (Å²) >= 11 is 0. The van der Waals surface area contributed by atoms with E-state index in [-0.39, 0.29) is 0 Å². The van der Waals surface area contributed by atoms with Gasteiger partial charge in [-0.05, 0) is 55.8 Å². The molecule has 2 unspecified atom stereocenters. The maximum absolute atomic E-state index is 3.83. The van der Waals surface area contributed by atoms with Crippen LogP contribution in [0, 0.1) is 17.3 Å². The van der Waals surface area contributed by atoms with E-state index in [0.29, 0.717) is 0 Å². The van der Waals surface area contributed by atoms with Gasteiger partial charge in [0.05, 0.1) is 0 Å². The number of hydrogen-bond donors (Lipinski definition) is 1. The summed E-state index contributed by atoms with van der Waals surface area (Å²) in [5.74, 6) is 2.28. The van der Waals surface area contributed by atoms with E-state index in [4.69, 9.17) is 0 Å². The van der Waals surface area contributed by atoms with Gasteiger partial charge in [0.15, 0.2) is 0 Å². The number of fused-ring (bicyclic) bond motifs is 1. The molecule has 1 N–H and O–H groups in total. The quantitative estimate of drug-likeness (QED) is 0.593. The minimum Gasteiger partial charge on any atom is -0.313 e. The Morgan fingerprint density at radius 1 is 1.00 bits per heavy atom. The number of hydrogen-bond acceptors (Lipinski definition) is 1. The van der Waals surface area contributed by atoms with E-state index in [1.807, 2.05) is 0 Å². The van der Waals surface area contributed by atoms with Crippen LogP contribution in [0.5, 0.6) is 0 Å². The molecule has 0 amide bonds. The Labute approximate surface area is 113 Å². The molecule has 0 saturated heterocycles. The van der Waals surface area contributed by atoms with Gasteiger partial charge in [-0.15, -0.1) is 0 Å². The molecule has 0 spiro atoms. The largest absolute Gasteiger partial charge is 0.313 e. The van der Waals surface area contributed by atoms with Crippen molar-refractivity contribution < 1.29 is 0 Å². The highest BCUT2D eigenvalue weighted by molar-refractivity contribution is 5.04. The molecule has 0 heterocycles. The first-order valence-corrected chi connectivity index (χ1v) is 8.55. The Morgan fingerprint density at radius 2 is 1.72 bits per heavy atom. The molecule has 104 valence electrons. The molecule has 1 heteroatoms. The van der Waals surface area contributed by atoms with E-state index in [0.717, 1.165) is 23.3 Å². The topological polar surface area (TPSA) is 12.0 Å². The fraction of sp³-hybridized carbons (Fsp3) is 1.00. The standard InChI is InChI=1S/C17H31N/c1-2-3-4-5-6-9-17(13-18-16-7-8-16)11-14-10-15(14)12-17/h14-16,18H,2-13H2,1H3. The van der Waals surface area contributed by atoms with Gasteiger partial charge in [-0.2, -0.15) is 0 Å². The van der Waals surface area contributed by atoms with Gasteiger partial charge >= 0.3 is 0 Å². The molecule has 0 aromatic heterocycles. The summed E-state index contributed by atoms with van der Waals surface area (Å²) in [5, 5.41) is 3.83. The van der Waals surface area contributed by atoms with Gasteiger partial charge in [0, 0.05) is 12.6 Å². The summed E-state index contributed by atoms with van der Waals surface area (Å²) < 4.78 is 0. The van der Waals surface area contributed by atoms with Gasteiger partial charge in [0.2, 0.25) is 0 Å². The first kappa shape index (κ1) is 13.0. The number of rotatable bonds is 9. The molecular weight excluding hydrogens is 218 g/mol. The fourth-order valence-electron chi connectivity index (χ4n) is 4.19. The Morgan fingerprint density at radius 3 is 2.39 bits per heavy atom. The highest BCUT2D eigenvalue weighted by Gasteiger charge is 2.53. The zero-order valence-electron chi connectivity index (χ0n) is 12.2. The Bertz CT molecular complexity index is 259. The van der Waals surface area contributed by atoms with Gasteiger partial charge in [-0.1, -0.05) is 39.0 Å². The third kappa shape index (κ3) is 3.29. The average Bonchev–Trinajstić information content (AvgIpc) is 3.28. The molecule has 3 aliphatic carbocycles. The van der Waals surface area contributed by atoms with E-state index in [1.54, 1.807) is 19.3 Å². The van der Waals surface area contributed by atoms with Crippen molar-refractivity contribution >= 4 is 0 Å². The highest BCUT2D eigenvalue weighted by Crippen LogP contribution is 2.61. The molecule has 0 aromatic carbocycles. The van der Waals surface area contributed by atoms with Crippen molar-refractivity contribution in [1.29, 1.82) is 0 Å². The van der Waals surface area contributed by atoms with E-state index >= 15 is 0 Å².